The summed E-state index contributed by atoms with van der Waals surface area (Å²) in [5, 5.41) is 6.55. The van der Waals surface area contributed by atoms with Gasteiger partial charge in [-0.2, -0.15) is 4.98 Å². The number of nitrogens with zero attached hydrogens (tertiary/aromatic N) is 5. The molecule has 12 nitrogen and oxygen atoms in total. The van der Waals surface area contributed by atoms with Gasteiger partial charge in [-0.25, -0.2) is 18.2 Å². The van der Waals surface area contributed by atoms with Crippen molar-refractivity contribution >= 4 is 62.2 Å². The van der Waals surface area contributed by atoms with Gasteiger partial charge in [-0.15, -0.1) is 0 Å². The number of halogens is 1. The molecule has 0 atom stereocenters. The second kappa shape index (κ2) is 13.8. The van der Waals surface area contributed by atoms with Gasteiger partial charge in [0.2, 0.25) is 16.0 Å². The summed E-state index contributed by atoms with van der Waals surface area (Å²) in [7, 11) is -0.428. The molecule has 1 saturated heterocycles. The van der Waals surface area contributed by atoms with Crippen molar-refractivity contribution in [3.8, 4) is 5.75 Å². The molecule has 3 aromatic rings. The SMILES string of the molecule is CCCCOC(=O)N1CCN(c2ccc(Nc3ncc(Cl)c(Nc4ccccc4N(C)S(C)(=O)=O)n3)c(OC)c2)CC1. The van der Waals surface area contributed by atoms with Gasteiger partial charge in [-0.3, -0.25) is 4.31 Å². The largest absolute Gasteiger partial charge is 0.494 e. The van der Waals surface area contributed by atoms with E-state index in [4.69, 9.17) is 21.1 Å². The molecule has 4 rings (SSSR count). The first kappa shape index (κ1) is 31.0. The van der Waals surface area contributed by atoms with Crippen LogP contribution in [-0.4, -0.2) is 82.6 Å². The molecule has 0 aliphatic carbocycles. The number of carbonyl (C=O) groups excluding carboxylic acids is 1. The van der Waals surface area contributed by atoms with Crippen molar-refractivity contribution in [3.05, 3.63) is 53.7 Å². The molecule has 0 saturated carbocycles. The lowest BCUT2D eigenvalue weighted by Gasteiger charge is -2.35. The van der Waals surface area contributed by atoms with Gasteiger partial charge in [0.15, 0.2) is 5.82 Å². The van der Waals surface area contributed by atoms with Crippen LogP contribution in [0.15, 0.2) is 48.7 Å². The number of hydrogen-bond acceptors (Lipinski definition) is 10. The Hall–Kier alpha value is -3.97. The van der Waals surface area contributed by atoms with E-state index in [1.165, 1.54) is 17.5 Å². The summed E-state index contributed by atoms with van der Waals surface area (Å²) in [5.74, 6) is 1.14. The van der Waals surface area contributed by atoms with Crippen molar-refractivity contribution in [2.45, 2.75) is 19.8 Å². The summed E-state index contributed by atoms with van der Waals surface area (Å²) in [5.41, 5.74) is 2.55. The van der Waals surface area contributed by atoms with Crippen LogP contribution in [-0.2, 0) is 14.8 Å². The second-order valence-electron chi connectivity index (χ2n) is 9.71. The van der Waals surface area contributed by atoms with E-state index in [2.05, 4.69) is 32.4 Å². The Morgan fingerprint density at radius 1 is 1.10 bits per heavy atom. The van der Waals surface area contributed by atoms with Crippen molar-refractivity contribution in [2.24, 2.45) is 0 Å². The minimum atomic E-state index is -3.49. The highest BCUT2D eigenvalue weighted by atomic mass is 35.5. The van der Waals surface area contributed by atoms with Crippen LogP contribution in [0.3, 0.4) is 0 Å². The van der Waals surface area contributed by atoms with E-state index in [0.717, 1.165) is 24.8 Å². The Balaban J connectivity index is 1.46. The lowest BCUT2D eigenvalue weighted by Crippen LogP contribution is -2.49. The van der Waals surface area contributed by atoms with Crippen LogP contribution in [0.2, 0.25) is 5.02 Å². The first-order valence-corrected chi connectivity index (χ1v) is 15.8. The molecule has 14 heteroatoms. The molecule has 1 aliphatic heterocycles. The van der Waals surface area contributed by atoms with Crippen molar-refractivity contribution in [1.82, 2.24) is 14.9 Å². The lowest BCUT2D eigenvalue weighted by molar-refractivity contribution is 0.0989. The Labute approximate surface area is 251 Å². The molecule has 1 fully saturated rings. The van der Waals surface area contributed by atoms with Crippen LogP contribution in [0.25, 0.3) is 0 Å². The van der Waals surface area contributed by atoms with Gasteiger partial charge in [0.05, 0.1) is 43.2 Å². The summed E-state index contributed by atoms with van der Waals surface area (Å²) in [4.78, 5) is 25.0. The van der Waals surface area contributed by atoms with Crippen LogP contribution in [0.1, 0.15) is 19.8 Å². The Kier molecular flexibility index (Phi) is 10.2. The summed E-state index contributed by atoms with van der Waals surface area (Å²) in [6, 6.07) is 12.7. The molecule has 42 heavy (non-hydrogen) atoms. The zero-order valence-corrected chi connectivity index (χ0v) is 25.7. The molecule has 0 bridgehead atoms. The molecule has 2 N–H and O–H groups in total. The van der Waals surface area contributed by atoms with Crippen LogP contribution in [0.5, 0.6) is 5.75 Å². The van der Waals surface area contributed by atoms with E-state index in [-0.39, 0.29) is 17.1 Å². The molecule has 2 aromatic carbocycles. The number of aromatic nitrogens is 2. The van der Waals surface area contributed by atoms with Crippen molar-refractivity contribution in [2.75, 3.05) is 73.0 Å². The molecule has 0 spiro atoms. The first-order valence-electron chi connectivity index (χ1n) is 13.5. The number of ether oxygens (including phenoxy) is 2. The average molecular weight is 618 g/mol. The molecule has 0 unspecified atom stereocenters. The Morgan fingerprint density at radius 3 is 2.52 bits per heavy atom. The van der Waals surface area contributed by atoms with E-state index >= 15 is 0 Å². The number of para-hydroxylation sites is 2. The predicted octanol–water partition coefficient (Wildman–Crippen LogP) is 5.08. The number of methoxy groups -OCH3 is 1. The fourth-order valence-electron chi connectivity index (χ4n) is 4.32. The molecule has 226 valence electrons. The van der Waals surface area contributed by atoms with Crippen LogP contribution in [0, 0.1) is 0 Å². The summed E-state index contributed by atoms with van der Waals surface area (Å²) in [6.45, 7) is 5.00. The van der Waals surface area contributed by atoms with E-state index in [0.29, 0.717) is 61.4 Å². The third-order valence-electron chi connectivity index (χ3n) is 6.80. The highest BCUT2D eigenvalue weighted by molar-refractivity contribution is 7.92. The maximum absolute atomic E-state index is 12.3. The number of anilines is 6. The van der Waals surface area contributed by atoms with E-state index in [1.807, 2.05) is 18.2 Å². The highest BCUT2D eigenvalue weighted by Crippen LogP contribution is 2.34. The van der Waals surface area contributed by atoms with Gasteiger partial charge in [0.25, 0.3) is 0 Å². The molecule has 0 radical (unpaired) electrons. The van der Waals surface area contributed by atoms with Crippen LogP contribution in [0.4, 0.5) is 39.3 Å². The van der Waals surface area contributed by atoms with Crippen molar-refractivity contribution in [3.63, 3.8) is 0 Å². The van der Waals surface area contributed by atoms with Crippen molar-refractivity contribution < 1.29 is 22.7 Å². The number of rotatable bonds is 11. The number of sulfonamides is 1. The van der Waals surface area contributed by atoms with Gasteiger partial charge < -0.3 is 29.9 Å². The van der Waals surface area contributed by atoms with E-state index in [1.54, 1.807) is 36.3 Å². The number of amides is 1. The normalized spacial score (nSPS) is 13.5. The maximum atomic E-state index is 12.3. The minimum absolute atomic E-state index is 0.257. The van der Waals surface area contributed by atoms with Gasteiger partial charge in [0, 0.05) is 45.0 Å². The quantitative estimate of drug-likeness (QED) is 0.281. The topological polar surface area (TPSA) is 129 Å². The van der Waals surface area contributed by atoms with Crippen molar-refractivity contribution in [1.29, 1.82) is 0 Å². The van der Waals surface area contributed by atoms with E-state index in [9.17, 15) is 13.2 Å². The number of unbranched alkanes of at least 4 members (excludes halogenated alkanes) is 1. The Bertz CT molecular complexity index is 1500. The summed E-state index contributed by atoms with van der Waals surface area (Å²) in [6.07, 6.45) is 4.17. The standard InChI is InChI=1S/C28H36ClN7O5S/c1-5-6-17-41-28(37)36-15-13-35(14-16-36)20-11-12-23(25(18-20)40-3)32-27-30-19-21(29)26(33-27)31-22-9-7-8-10-24(22)34(2)42(4,38)39/h7-12,18-19H,5-6,13-17H2,1-4H3,(H2,30,31,32,33). The number of benzene rings is 2. The summed E-state index contributed by atoms with van der Waals surface area (Å²) >= 11 is 6.39. The summed E-state index contributed by atoms with van der Waals surface area (Å²) < 4.78 is 36.4. The second-order valence-corrected chi connectivity index (χ2v) is 12.1. The number of hydrogen-bond donors (Lipinski definition) is 2. The molecular weight excluding hydrogens is 582 g/mol. The zero-order chi connectivity index (χ0) is 30.3. The van der Waals surface area contributed by atoms with Crippen LogP contribution >= 0.6 is 11.6 Å². The smallest absolute Gasteiger partial charge is 0.409 e. The molecule has 2 heterocycles. The molecule has 1 amide bonds. The fourth-order valence-corrected chi connectivity index (χ4v) is 4.97. The Morgan fingerprint density at radius 2 is 1.83 bits per heavy atom. The third-order valence-corrected chi connectivity index (χ3v) is 8.26. The monoisotopic (exact) mass is 617 g/mol. The third kappa shape index (κ3) is 7.65. The van der Waals surface area contributed by atoms with Gasteiger partial charge in [-0.1, -0.05) is 37.1 Å². The van der Waals surface area contributed by atoms with Gasteiger partial charge >= 0.3 is 6.09 Å². The molecule has 1 aromatic heterocycles. The number of nitrogens with one attached hydrogen (secondary N) is 2. The lowest BCUT2D eigenvalue weighted by atomic mass is 10.2. The molecular formula is C28H36ClN7O5S. The maximum Gasteiger partial charge on any atom is 0.409 e. The number of carbonyl (C=O) groups is 1. The predicted molar refractivity (Wildman–Crippen MR) is 166 cm³/mol. The van der Waals surface area contributed by atoms with Gasteiger partial charge in [0.1, 0.15) is 10.8 Å². The fraction of sp³-hybridized carbons (Fsp3) is 0.393. The first-order chi connectivity index (χ1) is 20.1. The zero-order valence-electron chi connectivity index (χ0n) is 24.1. The van der Waals surface area contributed by atoms with E-state index < -0.39 is 10.0 Å². The minimum Gasteiger partial charge on any atom is -0.494 e. The van der Waals surface area contributed by atoms with Crippen LogP contribution < -0.4 is 24.6 Å². The molecule has 1 aliphatic rings. The van der Waals surface area contributed by atoms with Gasteiger partial charge in [-0.05, 0) is 30.7 Å². The highest BCUT2D eigenvalue weighted by Gasteiger charge is 2.23. The number of piperazine rings is 1. The average Bonchev–Trinajstić information content (AvgIpc) is 2.98.